The summed E-state index contributed by atoms with van der Waals surface area (Å²) in [6, 6.07) is 22.5. The molecule has 0 spiro atoms. The quantitative estimate of drug-likeness (QED) is 0.210. The maximum atomic E-state index is 12.6. The highest BCUT2D eigenvalue weighted by Gasteiger charge is 2.14. The third-order valence-corrected chi connectivity index (χ3v) is 8.47. The van der Waals surface area contributed by atoms with Gasteiger partial charge in [-0.3, -0.25) is 4.79 Å². The molecule has 3 aromatic carbocycles. The molecule has 9 heteroatoms. The van der Waals surface area contributed by atoms with Gasteiger partial charge in [0.15, 0.2) is 11.0 Å². The summed E-state index contributed by atoms with van der Waals surface area (Å²) in [5.41, 5.74) is 6.21. The Hall–Kier alpha value is -3.69. The van der Waals surface area contributed by atoms with Crippen LogP contribution in [0.15, 0.2) is 71.9 Å². The Morgan fingerprint density at radius 2 is 1.68 bits per heavy atom. The Morgan fingerprint density at radius 3 is 2.39 bits per heavy atom. The molecule has 5 aromatic rings. The molecular weight excluding hydrogens is 512 g/mol. The lowest BCUT2D eigenvalue weighted by Gasteiger charge is -2.21. The molecule has 0 bridgehead atoms. The fourth-order valence-corrected chi connectivity index (χ4v) is 6.06. The number of nitrogens with zero attached hydrogens (tertiary/aromatic N) is 5. The number of thiazole rings is 1. The summed E-state index contributed by atoms with van der Waals surface area (Å²) < 4.78 is 3.11. The number of nitrogens with one attached hydrogen (secondary N) is 1. The number of anilines is 2. The first-order valence-corrected chi connectivity index (χ1v) is 14.4. The van der Waals surface area contributed by atoms with Gasteiger partial charge >= 0.3 is 0 Å². The van der Waals surface area contributed by atoms with Crippen molar-refractivity contribution in [2.45, 2.75) is 25.9 Å². The number of benzene rings is 3. The van der Waals surface area contributed by atoms with Crippen molar-refractivity contribution in [3.8, 4) is 22.0 Å². The predicted molar refractivity (Wildman–Crippen MR) is 159 cm³/mol. The molecule has 1 amide bonds. The van der Waals surface area contributed by atoms with Crippen LogP contribution in [0.1, 0.15) is 19.4 Å². The van der Waals surface area contributed by atoms with E-state index >= 15 is 0 Å². The van der Waals surface area contributed by atoms with Crippen LogP contribution in [-0.4, -0.2) is 44.5 Å². The van der Waals surface area contributed by atoms with Gasteiger partial charge in [0.25, 0.3) is 0 Å². The number of aromatic nitrogens is 4. The SMILES string of the molecule is CCN(CC)c1ccc(-c2nnc(SCC(=O)Nc3ccc(-c4nc5ccc(C)cc5s4)cc3)n2C)cc1. The summed E-state index contributed by atoms with van der Waals surface area (Å²) in [5.74, 6) is 0.928. The van der Waals surface area contributed by atoms with Crippen LogP contribution in [0.3, 0.4) is 0 Å². The Balaban J connectivity index is 1.19. The minimum atomic E-state index is -0.0914. The largest absolute Gasteiger partial charge is 0.372 e. The number of fused-ring (bicyclic) bond motifs is 1. The minimum absolute atomic E-state index is 0.0914. The number of thioether (sulfide) groups is 1. The molecule has 2 heterocycles. The first-order valence-electron chi connectivity index (χ1n) is 12.6. The first-order chi connectivity index (χ1) is 18.4. The monoisotopic (exact) mass is 542 g/mol. The first kappa shape index (κ1) is 25.9. The maximum Gasteiger partial charge on any atom is 0.234 e. The minimum Gasteiger partial charge on any atom is -0.372 e. The molecule has 194 valence electrons. The standard InChI is InChI=1S/C29H30N6OS2/c1-5-35(6-2)23-14-10-20(11-15-23)27-32-33-29(34(27)4)37-18-26(36)30-22-12-8-21(9-13-22)28-31-24-16-7-19(3)17-25(24)38-28/h7-17H,5-6,18H2,1-4H3,(H,30,36). The highest BCUT2D eigenvalue weighted by atomic mass is 32.2. The van der Waals surface area contributed by atoms with Gasteiger partial charge in [0.05, 0.1) is 16.0 Å². The van der Waals surface area contributed by atoms with Crippen LogP contribution in [-0.2, 0) is 11.8 Å². The van der Waals surface area contributed by atoms with Crippen molar-refractivity contribution in [1.82, 2.24) is 19.7 Å². The number of rotatable bonds is 9. The number of hydrogen-bond donors (Lipinski definition) is 1. The Morgan fingerprint density at radius 1 is 0.974 bits per heavy atom. The van der Waals surface area contributed by atoms with E-state index in [0.717, 1.165) is 46.3 Å². The second kappa shape index (κ2) is 11.4. The molecule has 5 rings (SSSR count). The molecule has 1 N–H and O–H groups in total. The summed E-state index contributed by atoms with van der Waals surface area (Å²) in [5, 5.41) is 13.3. The molecule has 0 saturated carbocycles. The van der Waals surface area contributed by atoms with Crippen molar-refractivity contribution in [2.75, 3.05) is 29.1 Å². The number of aryl methyl sites for hydroxylation is 1. The van der Waals surface area contributed by atoms with Crippen molar-refractivity contribution in [2.24, 2.45) is 7.05 Å². The maximum absolute atomic E-state index is 12.6. The lowest BCUT2D eigenvalue weighted by atomic mass is 10.2. The number of carbonyl (C=O) groups is 1. The van der Waals surface area contributed by atoms with Crippen LogP contribution >= 0.6 is 23.1 Å². The van der Waals surface area contributed by atoms with E-state index in [2.05, 4.69) is 83.6 Å². The fraction of sp³-hybridized carbons (Fsp3) is 0.241. The average Bonchev–Trinajstić information content (AvgIpc) is 3.52. The van der Waals surface area contributed by atoms with E-state index in [1.807, 2.05) is 35.9 Å². The van der Waals surface area contributed by atoms with Crippen LogP contribution in [0, 0.1) is 6.92 Å². The van der Waals surface area contributed by atoms with E-state index < -0.39 is 0 Å². The number of hydrogen-bond acceptors (Lipinski definition) is 7. The van der Waals surface area contributed by atoms with Gasteiger partial charge in [0, 0.05) is 42.6 Å². The van der Waals surface area contributed by atoms with Crippen LogP contribution in [0.25, 0.3) is 32.2 Å². The van der Waals surface area contributed by atoms with Gasteiger partial charge in [0.1, 0.15) is 5.01 Å². The predicted octanol–water partition coefficient (Wildman–Crippen LogP) is 6.64. The topological polar surface area (TPSA) is 75.9 Å². The second-order valence-electron chi connectivity index (χ2n) is 8.99. The Labute approximate surface area is 230 Å². The molecule has 0 radical (unpaired) electrons. The molecule has 0 aliphatic heterocycles. The van der Waals surface area contributed by atoms with Crippen LogP contribution in [0.2, 0.25) is 0 Å². The van der Waals surface area contributed by atoms with Crippen LogP contribution in [0.5, 0.6) is 0 Å². The van der Waals surface area contributed by atoms with E-state index in [1.165, 1.54) is 27.7 Å². The molecular formula is C29H30N6OS2. The molecule has 2 aromatic heterocycles. The zero-order valence-electron chi connectivity index (χ0n) is 21.9. The molecule has 7 nitrogen and oxygen atoms in total. The van der Waals surface area contributed by atoms with Crippen molar-refractivity contribution in [3.63, 3.8) is 0 Å². The van der Waals surface area contributed by atoms with Gasteiger partial charge in [-0.15, -0.1) is 21.5 Å². The second-order valence-corrected chi connectivity index (χ2v) is 11.0. The van der Waals surface area contributed by atoms with Crippen LogP contribution < -0.4 is 10.2 Å². The van der Waals surface area contributed by atoms with Crippen molar-refractivity contribution >= 4 is 50.6 Å². The summed E-state index contributed by atoms with van der Waals surface area (Å²) in [6.07, 6.45) is 0. The van der Waals surface area contributed by atoms with Gasteiger partial charge in [-0.25, -0.2) is 4.98 Å². The van der Waals surface area contributed by atoms with Gasteiger partial charge < -0.3 is 14.8 Å². The molecule has 0 aliphatic carbocycles. The van der Waals surface area contributed by atoms with E-state index in [-0.39, 0.29) is 11.7 Å². The van der Waals surface area contributed by atoms with Gasteiger partial charge in [-0.05, 0) is 87.0 Å². The van der Waals surface area contributed by atoms with E-state index in [4.69, 9.17) is 4.98 Å². The zero-order valence-corrected chi connectivity index (χ0v) is 23.6. The summed E-state index contributed by atoms with van der Waals surface area (Å²) in [7, 11) is 1.93. The van der Waals surface area contributed by atoms with Gasteiger partial charge in [0.2, 0.25) is 5.91 Å². The third-order valence-electron chi connectivity index (χ3n) is 6.38. The molecule has 0 fully saturated rings. The van der Waals surface area contributed by atoms with Gasteiger partial charge in [-0.2, -0.15) is 0 Å². The van der Waals surface area contributed by atoms with Gasteiger partial charge in [-0.1, -0.05) is 17.8 Å². The molecule has 0 saturated heterocycles. The molecule has 0 unspecified atom stereocenters. The van der Waals surface area contributed by atoms with E-state index in [9.17, 15) is 4.79 Å². The van der Waals surface area contributed by atoms with E-state index in [0.29, 0.717) is 5.16 Å². The van der Waals surface area contributed by atoms with Crippen LogP contribution in [0.4, 0.5) is 11.4 Å². The lowest BCUT2D eigenvalue weighted by molar-refractivity contribution is -0.113. The average molecular weight is 543 g/mol. The molecule has 38 heavy (non-hydrogen) atoms. The number of amides is 1. The fourth-order valence-electron chi connectivity index (χ4n) is 4.28. The lowest BCUT2D eigenvalue weighted by Crippen LogP contribution is -2.21. The smallest absolute Gasteiger partial charge is 0.234 e. The number of carbonyl (C=O) groups excluding carboxylic acids is 1. The summed E-state index contributed by atoms with van der Waals surface area (Å²) in [4.78, 5) is 19.7. The zero-order chi connectivity index (χ0) is 26.6. The highest BCUT2D eigenvalue weighted by molar-refractivity contribution is 7.99. The highest BCUT2D eigenvalue weighted by Crippen LogP contribution is 2.31. The molecule has 0 aliphatic rings. The van der Waals surface area contributed by atoms with E-state index in [1.54, 1.807) is 11.3 Å². The van der Waals surface area contributed by atoms with Crippen molar-refractivity contribution < 1.29 is 4.79 Å². The van der Waals surface area contributed by atoms with Crippen molar-refractivity contribution in [3.05, 3.63) is 72.3 Å². The van der Waals surface area contributed by atoms with Crippen molar-refractivity contribution in [1.29, 1.82) is 0 Å². The third kappa shape index (κ3) is 5.58. The molecule has 0 atom stereocenters. The Kier molecular flexibility index (Phi) is 7.76. The summed E-state index contributed by atoms with van der Waals surface area (Å²) >= 11 is 3.05. The summed E-state index contributed by atoms with van der Waals surface area (Å²) in [6.45, 7) is 8.33. The normalized spacial score (nSPS) is 11.2. The Bertz CT molecular complexity index is 1550.